The zero-order valence-electron chi connectivity index (χ0n) is 17.1. The summed E-state index contributed by atoms with van der Waals surface area (Å²) in [6.45, 7) is 5.46. The summed E-state index contributed by atoms with van der Waals surface area (Å²) in [5.41, 5.74) is 4.06. The van der Waals surface area contributed by atoms with Crippen molar-refractivity contribution in [1.82, 2.24) is 14.3 Å². The molecule has 0 aliphatic carbocycles. The van der Waals surface area contributed by atoms with E-state index in [1.54, 1.807) is 29.8 Å². The Morgan fingerprint density at radius 3 is 2.60 bits per heavy atom. The van der Waals surface area contributed by atoms with E-state index in [4.69, 9.17) is 9.84 Å². The van der Waals surface area contributed by atoms with Crippen LogP contribution in [-0.2, 0) is 17.8 Å². The summed E-state index contributed by atoms with van der Waals surface area (Å²) >= 11 is 0. The molecular formula is C24H24FN3O2. The number of hydrogen-bond acceptors (Lipinski definition) is 3. The van der Waals surface area contributed by atoms with E-state index in [0.717, 1.165) is 35.0 Å². The SMILES string of the molecule is CCCn1cc(-c2cc(C(=O)OCC)n(Cc3ccc(F)cc3)n2)c2ccccc21. The number of para-hydroxylation sites is 1. The number of hydrogen-bond donors (Lipinski definition) is 0. The van der Waals surface area contributed by atoms with Crippen LogP contribution in [0.3, 0.4) is 0 Å². The number of carbonyl (C=O) groups excluding carboxylic acids is 1. The van der Waals surface area contributed by atoms with Gasteiger partial charge in [0.25, 0.3) is 0 Å². The molecule has 6 heteroatoms. The third-order valence-corrected chi connectivity index (χ3v) is 5.04. The first-order valence-corrected chi connectivity index (χ1v) is 10.2. The number of fused-ring (bicyclic) bond motifs is 1. The lowest BCUT2D eigenvalue weighted by Crippen LogP contribution is -2.14. The Hall–Kier alpha value is -3.41. The first kappa shape index (κ1) is 19.9. The van der Waals surface area contributed by atoms with Crippen LogP contribution >= 0.6 is 0 Å². The molecule has 0 unspecified atom stereocenters. The summed E-state index contributed by atoms with van der Waals surface area (Å²) in [4.78, 5) is 12.6. The van der Waals surface area contributed by atoms with Crippen LogP contribution in [0.5, 0.6) is 0 Å². The number of benzene rings is 2. The number of halogens is 1. The van der Waals surface area contributed by atoms with Gasteiger partial charge in [-0.15, -0.1) is 0 Å². The van der Waals surface area contributed by atoms with E-state index < -0.39 is 5.97 Å². The molecule has 0 N–H and O–H groups in total. The summed E-state index contributed by atoms with van der Waals surface area (Å²) in [5.74, 6) is -0.718. The van der Waals surface area contributed by atoms with Gasteiger partial charge in [-0.3, -0.25) is 4.68 Å². The maximum Gasteiger partial charge on any atom is 0.356 e. The first-order valence-electron chi connectivity index (χ1n) is 10.2. The second-order valence-electron chi connectivity index (χ2n) is 7.17. The standard InChI is InChI=1S/C24H24FN3O2/c1-3-13-27-16-20(19-7-5-6-8-22(19)27)21-14-23(24(29)30-4-2)28(26-21)15-17-9-11-18(25)12-10-17/h5-12,14,16H,3-4,13,15H2,1-2H3. The second-order valence-corrected chi connectivity index (χ2v) is 7.17. The van der Waals surface area contributed by atoms with E-state index in [1.807, 2.05) is 12.1 Å². The predicted octanol–water partition coefficient (Wildman–Crippen LogP) is 5.28. The molecule has 0 aliphatic rings. The van der Waals surface area contributed by atoms with Crippen LogP contribution in [0.15, 0.2) is 60.8 Å². The Morgan fingerprint density at radius 2 is 1.87 bits per heavy atom. The molecule has 0 amide bonds. The highest BCUT2D eigenvalue weighted by Gasteiger charge is 2.20. The van der Waals surface area contributed by atoms with Crippen molar-refractivity contribution in [3.63, 3.8) is 0 Å². The molecule has 2 aromatic carbocycles. The summed E-state index contributed by atoms with van der Waals surface area (Å²) in [6, 6.07) is 16.2. The Balaban J connectivity index is 1.80. The number of esters is 1. The number of ether oxygens (including phenoxy) is 1. The van der Waals surface area contributed by atoms with Crippen molar-refractivity contribution < 1.29 is 13.9 Å². The van der Waals surface area contributed by atoms with Crippen LogP contribution in [0, 0.1) is 5.82 Å². The number of rotatable bonds is 7. The van der Waals surface area contributed by atoms with Gasteiger partial charge in [0.2, 0.25) is 0 Å². The van der Waals surface area contributed by atoms with Gasteiger partial charge in [0.1, 0.15) is 11.5 Å². The van der Waals surface area contributed by atoms with Gasteiger partial charge in [-0.2, -0.15) is 5.10 Å². The van der Waals surface area contributed by atoms with Crippen LogP contribution in [-0.4, -0.2) is 26.9 Å². The minimum Gasteiger partial charge on any atom is -0.461 e. The minimum atomic E-state index is -0.421. The molecule has 30 heavy (non-hydrogen) atoms. The van der Waals surface area contributed by atoms with Crippen molar-refractivity contribution in [3.8, 4) is 11.3 Å². The molecule has 5 nitrogen and oxygen atoms in total. The predicted molar refractivity (Wildman–Crippen MR) is 115 cm³/mol. The first-order chi connectivity index (χ1) is 14.6. The van der Waals surface area contributed by atoms with Gasteiger partial charge < -0.3 is 9.30 Å². The summed E-state index contributed by atoms with van der Waals surface area (Å²) < 4.78 is 22.4. The maximum atomic E-state index is 13.3. The zero-order chi connectivity index (χ0) is 21.1. The summed E-state index contributed by atoms with van der Waals surface area (Å²) in [7, 11) is 0. The third kappa shape index (κ3) is 3.85. The van der Waals surface area contributed by atoms with Gasteiger partial charge in [0.05, 0.1) is 18.8 Å². The molecular weight excluding hydrogens is 381 g/mol. The molecule has 154 valence electrons. The Bertz CT molecular complexity index is 1180. The summed E-state index contributed by atoms with van der Waals surface area (Å²) in [6.07, 6.45) is 3.11. The normalized spacial score (nSPS) is 11.2. The third-order valence-electron chi connectivity index (χ3n) is 5.04. The van der Waals surface area contributed by atoms with Crippen molar-refractivity contribution in [3.05, 3.63) is 77.9 Å². The van der Waals surface area contributed by atoms with Gasteiger partial charge >= 0.3 is 5.97 Å². The topological polar surface area (TPSA) is 49.0 Å². The van der Waals surface area contributed by atoms with Crippen LogP contribution in [0.4, 0.5) is 4.39 Å². The molecule has 4 aromatic rings. The van der Waals surface area contributed by atoms with Crippen molar-refractivity contribution in [2.75, 3.05) is 6.61 Å². The fraction of sp³-hybridized carbons (Fsp3) is 0.250. The fourth-order valence-electron chi connectivity index (χ4n) is 3.68. The highest BCUT2D eigenvalue weighted by Crippen LogP contribution is 2.31. The second kappa shape index (κ2) is 8.53. The van der Waals surface area contributed by atoms with E-state index in [9.17, 15) is 9.18 Å². The molecule has 0 fully saturated rings. The average Bonchev–Trinajstić information content (AvgIpc) is 3.32. The Morgan fingerprint density at radius 1 is 1.10 bits per heavy atom. The smallest absolute Gasteiger partial charge is 0.356 e. The molecule has 4 rings (SSSR count). The highest BCUT2D eigenvalue weighted by molar-refractivity contribution is 5.97. The van der Waals surface area contributed by atoms with Crippen molar-refractivity contribution in [2.24, 2.45) is 0 Å². The summed E-state index contributed by atoms with van der Waals surface area (Å²) in [5, 5.41) is 5.82. The van der Waals surface area contributed by atoms with E-state index in [-0.39, 0.29) is 12.4 Å². The maximum absolute atomic E-state index is 13.3. The fourth-order valence-corrected chi connectivity index (χ4v) is 3.68. The Kier molecular flexibility index (Phi) is 5.65. The average molecular weight is 405 g/mol. The van der Waals surface area contributed by atoms with Gasteiger partial charge in [-0.1, -0.05) is 37.3 Å². The van der Waals surface area contributed by atoms with Crippen molar-refractivity contribution >= 4 is 16.9 Å². The van der Waals surface area contributed by atoms with Gasteiger partial charge in [0.15, 0.2) is 0 Å². The lowest BCUT2D eigenvalue weighted by molar-refractivity contribution is 0.0512. The molecule has 0 spiro atoms. The Labute approximate surface area is 174 Å². The van der Waals surface area contributed by atoms with Crippen LogP contribution in [0.25, 0.3) is 22.2 Å². The van der Waals surface area contributed by atoms with Crippen molar-refractivity contribution in [2.45, 2.75) is 33.4 Å². The number of aryl methyl sites for hydroxylation is 1. The monoisotopic (exact) mass is 405 g/mol. The molecule has 0 radical (unpaired) electrons. The molecule has 0 saturated carbocycles. The minimum absolute atomic E-state index is 0.283. The van der Waals surface area contributed by atoms with Crippen LogP contribution in [0.2, 0.25) is 0 Å². The highest BCUT2D eigenvalue weighted by atomic mass is 19.1. The lowest BCUT2D eigenvalue weighted by atomic mass is 10.1. The van der Waals surface area contributed by atoms with Gasteiger partial charge in [-0.05, 0) is 43.2 Å². The van der Waals surface area contributed by atoms with Crippen LogP contribution in [0.1, 0.15) is 36.3 Å². The molecule has 2 heterocycles. The van der Waals surface area contributed by atoms with Crippen molar-refractivity contribution in [1.29, 1.82) is 0 Å². The molecule has 2 aromatic heterocycles. The largest absolute Gasteiger partial charge is 0.461 e. The molecule has 0 atom stereocenters. The lowest BCUT2D eigenvalue weighted by Gasteiger charge is -2.07. The number of nitrogens with zero attached hydrogens (tertiary/aromatic N) is 3. The van der Waals surface area contributed by atoms with E-state index in [2.05, 4.69) is 29.8 Å². The van der Waals surface area contributed by atoms with Crippen LogP contribution < -0.4 is 0 Å². The van der Waals surface area contributed by atoms with E-state index in [1.165, 1.54) is 12.1 Å². The number of aromatic nitrogens is 3. The van der Waals surface area contributed by atoms with E-state index >= 15 is 0 Å². The molecule has 0 saturated heterocycles. The number of carbonyl (C=O) groups is 1. The quantitative estimate of drug-likeness (QED) is 0.393. The molecule has 0 bridgehead atoms. The zero-order valence-corrected chi connectivity index (χ0v) is 17.1. The molecule has 0 aliphatic heterocycles. The van der Waals surface area contributed by atoms with Gasteiger partial charge in [0, 0.05) is 29.2 Å². The van der Waals surface area contributed by atoms with E-state index in [0.29, 0.717) is 17.9 Å². The van der Waals surface area contributed by atoms with Gasteiger partial charge in [-0.25, -0.2) is 9.18 Å².